The van der Waals surface area contributed by atoms with Crippen LogP contribution >= 0.6 is 15.9 Å². The maximum atomic E-state index is 13.4. The van der Waals surface area contributed by atoms with Gasteiger partial charge in [0.05, 0.1) is 23.7 Å². The molecule has 0 amide bonds. The van der Waals surface area contributed by atoms with Crippen molar-refractivity contribution in [3.63, 3.8) is 0 Å². The molecule has 0 aliphatic carbocycles. The monoisotopic (exact) mass is 522 g/mol. The Morgan fingerprint density at radius 3 is 2.68 bits per heavy atom. The van der Waals surface area contributed by atoms with Crippen molar-refractivity contribution in [2.24, 2.45) is 5.10 Å². The molecule has 176 valence electrons. The molecule has 0 saturated heterocycles. The predicted molar refractivity (Wildman–Crippen MR) is 139 cm³/mol. The average Bonchev–Trinajstić information content (AvgIpc) is 3.21. The summed E-state index contributed by atoms with van der Waals surface area (Å²) in [6, 6.07) is 12.8. The molecule has 0 aliphatic heterocycles. The number of hydrogen-bond acceptors (Lipinski definition) is 5. The van der Waals surface area contributed by atoms with Crippen LogP contribution in [-0.2, 0) is 9.53 Å². The Balaban J connectivity index is 1.86. The minimum atomic E-state index is -0.495. The van der Waals surface area contributed by atoms with Gasteiger partial charge >= 0.3 is 5.97 Å². The van der Waals surface area contributed by atoms with Gasteiger partial charge in [-0.1, -0.05) is 48.0 Å². The molecule has 2 aromatic carbocycles. The number of para-hydroxylation sites is 1. The minimum Gasteiger partial charge on any atom is -0.464 e. The molecule has 8 heteroatoms. The lowest BCUT2D eigenvalue weighted by Gasteiger charge is -2.14. The van der Waals surface area contributed by atoms with Gasteiger partial charge in [-0.15, -0.1) is 0 Å². The Bertz CT molecular complexity index is 1450. The fraction of sp³-hybridized carbons (Fsp3) is 0.308. The van der Waals surface area contributed by atoms with Crippen LogP contribution in [0.25, 0.3) is 21.8 Å². The van der Waals surface area contributed by atoms with Crippen LogP contribution in [0, 0.1) is 0 Å². The molecule has 0 bridgehead atoms. The molecule has 2 atom stereocenters. The van der Waals surface area contributed by atoms with Crippen LogP contribution in [0.4, 0.5) is 0 Å². The van der Waals surface area contributed by atoms with Crippen LogP contribution in [0.2, 0.25) is 0 Å². The van der Waals surface area contributed by atoms with E-state index in [0.29, 0.717) is 23.3 Å². The van der Waals surface area contributed by atoms with E-state index in [1.807, 2.05) is 61.0 Å². The van der Waals surface area contributed by atoms with Crippen LogP contribution in [-0.4, -0.2) is 33.0 Å². The van der Waals surface area contributed by atoms with Gasteiger partial charge in [-0.25, -0.2) is 9.78 Å². The van der Waals surface area contributed by atoms with Crippen molar-refractivity contribution in [2.45, 2.75) is 46.1 Å². The van der Waals surface area contributed by atoms with Crippen molar-refractivity contribution in [3.05, 3.63) is 74.9 Å². The summed E-state index contributed by atoms with van der Waals surface area (Å²) in [5.41, 5.74) is 2.11. The van der Waals surface area contributed by atoms with Crippen molar-refractivity contribution >= 4 is 49.9 Å². The summed E-state index contributed by atoms with van der Waals surface area (Å²) >= 11 is 3.44. The lowest BCUT2D eigenvalue weighted by atomic mass is 10.1. The number of carbonyl (C=O) groups excluding carboxylic acids is 1. The second kappa shape index (κ2) is 9.93. The largest absolute Gasteiger partial charge is 0.464 e. The van der Waals surface area contributed by atoms with Gasteiger partial charge in [0.15, 0.2) is 0 Å². The summed E-state index contributed by atoms with van der Waals surface area (Å²) in [6.45, 7) is 8.01. The van der Waals surface area contributed by atoms with E-state index in [1.54, 1.807) is 19.2 Å². The second-order valence-electron chi connectivity index (χ2n) is 8.24. The number of carbonyl (C=O) groups is 1. The van der Waals surface area contributed by atoms with E-state index in [1.165, 1.54) is 4.68 Å². The molecule has 4 aromatic rings. The number of halogens is 1. The third kappa shape index (κ3) is 4.42. The van der Waals surface area contributed by atoms with Gasteiger partial charge in [0.1, 0.15) is 11.9 Å². The fourth-order valence-electron chi connectivity index (χ4n) is 3.93. The highest BCUT2D eigenvalue weighted by Crippen LogP contribution is 2.25. The Hall–Kier alpha value is -3.26. The molecule has 2 aromatic heterocycles. The molecule has 7 nitrogen and oxygen atoms in total. The zero-order chi connectivity index (χ0) is 24.4. The highest BCUT2D eigenvalue weighted by molar-refractivity contribution is 9.10. The number of benzene rings is 2. The average molecular weight is 523 g/mol. The zero-order valence-electron chi connectivity index (χ0n) is 19.7. The third-order valence-electron chi connectivity index (χ3n) is 6.02. The van der Waals surface area contributed by atoms with E-state index in [2.05, 4.69) is 28.0 Å². The SMILES string of the molecule is CCOC(=O)[C@H](C)n1cc(C=Nn2c([C@@H](C)CC)nc3ccc(Br)cc3c2=O)c2ccccc21. The van der Waals surface area contributed by atoms with Crippen LogP contribution in [0.5, 0.6) is 0 Å². The first-order valence-corrected chi connectivity index (χ1v) is 12.2. The van der Waals surface area contributed by atoms with Crippen molar-refractivity contribution in [3.8, 4) is 0 Å². The van der Waals surface area contributed by atoms with E-state index in [-0.39, 0.29) is 17.4 Å². The number of hydrogen-bond donors (Lipinski definition) is 0. The quantitative estimate of drug-likeness (QED) is 0.232. The Kier molecular flexibility index (Phi) is 6.97. The lowest BCUT2D eigenvalue weighted by Crippen LogP contribution is -2.23. The summed E-state index contributed by atoms with van der Waals surface area (Å²) in [5.74, 6) is 0.358. The topological polar surface area (TPSA) is 78.5 Å². The van der Waals surface area contributed by atoms with E-state index in [4.69, 9.17) is 9.72 Å². The number of fused-ring (bicyclic) bond motifs is 2. The molecule has 34 heavy (non-hydrogen) atoms. The summed E-state index contributed by atoms with van der Waals surface area (Å²) in [5, 5.41) is 6.03. The summed E-state index contributed by atoms with van der Waals surface area (Å²) < 4.78 is 9.29. The second-order valence-corrected chi connectivity index (χ2v) is 9.15. The third-order valence-corrected chi connectivity index (χ3v) is 6.51. The molecule has 0 spiro atoms. The highest BCUT2D eigenvalue weighted by Gasteiger charge is 2.20. The van der Waals surface area contributed by atoms with Gasteiger partial charge in [0.2, 0.25) is 0 Å². The molecule has 0 fully saturated rings. The number of ether oxygens (including phenoxy) is 1. The zero-order valence-corrected chi connectivity index (χ0v) is 21.2. The van der Waals surface area contributed by atoms with E-state index >= 15 is 0 Å². The highest BCUT2D eigenvalue weighted by atomic mass is 79.9. The van der Waals surface area contributed by atoms with Crippen LogP contribution < -0.4 is 5.56 Å². The number of nitrogens with zero attached hydrogens (tertiary/aromatic N) is 4. The maximum absolute atomic E-state index is 13.4. The van der Waals surface area contributed by atoms with Gasteiger partial charge in [-0.3, -0.25) is 4.79 Å². The first-order chi connectivity index (χ1) is 16.3. The van der Waals surface area contributed by atoms with E-state index in [9.17, 15) is 9.59 Å². The first kappa shape index (κ1) is 23.9. The van der Waals surface area contributed by atoms with Gasteiger partial charge in [-0.2, -0.15) is 9.78 Å². The molecule has 0 radical (unpaired) electrons. The summed E-state index contributed by atoms with van der Waals surface area (Å²) in [6.07, 6.45) is 4.35. The molecule has 2 heterocycles. The normalized spacial score (nSPS) is 13.6. The van der Waals surface area contributed by atoms with E-state index < -0.39 is 6.04 Å². The molecular formula is C26H27BrN4O3. The fourth-order valence-corrected chi connectivity index (χ4v) is 4.29. The molecule has 0 unspecified atom stereocenters. The van der Waals surface area contributed by atoms with Crippen molar-refractivity contribution in [1.82, 2.24) is 14.2 Å². The predicted octanol–water partition coefficient (Wildman–Crippen LogP) is 5.63. The standard InChI is InChI=1S/C26H27BrN4O3/c1-5-16(3)24-29-22-12-11-19(27)13-21(22)25(32)31(24)28-14-18-15-30(17(4)26(33)34-6-2)23-10-8-7-9-20(18)23/h7-17H,5-6H2,1-4H3/t16-,17-/m0/s1. The molecular weight excluding hydrogens is 496 g/mol. The summed E-state index contributed by atoms with van der Waals surface area (Å²) in [4.78, 5) is 30.6. The molecule has 0 N–H and O–H groups in total. The number of aromatic nitrogens is 3. The minimum absolute atomic E-state index is 0.0445. The Labute approximate surface area is 206 Å². The van der Waals surface area contributed by atoms with Gasteiger partial charge < -0.3 is 9.30 Å². The molecule has 0 aliphatic rings. The van der Waals surface area contributed by atoms with Crippen molar-refractivity contribution in [2.75, 3.05) is 6.61 Å². The molecule has 4 rings (SSSR count). The number of rotatable bonds is 7. The first-order valence-electron chi connectivity index (χ1n) is 11.4. The van der Waals surface area contributed by atoms with Gasteiger partial charge in [0.25, 0.3) is 5.56 Å². The maximum Gasteiger partial charge on any atom is 0.328 e. The van der Waals surface area contributed by atoms with Gasteiger partial charge in [0, 0.05) is 33.1 Å². The Morgan fingerprint density at radius 1 is 1.18 bits per heavy atom. The molecule has 0 saturated carbocycles. The smallest absolute Gasteiger partial charge is 0.328 e. The van der Waals surface area contributed by atoms with E-state index in [0.717, 1.165) is 27.4 Å². The van der Waals surface area contributed by atoms with Crippen LogP contribution in [0.3, 0.4) is 0 Å². The summed E-state index contributed by atoms with van der Waals surface area (Å²) in [7, 11) is 0. The lowest BCUT2D eigenvalue weighted by molar-refractivity contribution is -0.146. The van der Waals surface area contributed by atoms with Crippen LogP contribution in [0.1, 0.15) is 57.5 Å². The van der Waals surface area contributed by atoms with Crippen molar-refractivity contribution in [1.29, 1.82) is 0 Å². The van der Waals surface area contributed by atoms with Crippen LogP contribution in [0.15, 0.2) is 63.0 Å². The Morgan fingerprint density at radius 2 is 1.94 bits per heavy atom. The number of esters is 1. The van der Waals surface area contributed by atoms with Crippen molar-refractivity contribution < 1.29 is 9.53 Å². The van der Waals surface area contributed by atoms with Gasteiger partial charge in [-0.05, 0) is 44.5 Å².